The number of halogens is 1. The number of rotatable bonds is 3. The lowest BCUT2D eigenvalue weighted by atomic mass is 9.95. The lowest BCUT2D eigenvalue weighted by Gasteiger charge is -2.18. The van der Waals surface area contributed by atoms with Gasteiger partial charge in [0.15, 0.2) is 5.69 Å². The van der Waals surface area contributed by atoms with Gasteiger partial charge in [0, 0.05) is 31.3 Å². The summed E-state index contributed by atoms with van der Waals surface area (Å²) in [6.07, 6.45) is 4.35. The van der Waals surface area contributed by atoms with E-state index in [4.69, 9.17) is 11.6 Å². The predicted molar refractivity (Wildman–Crippen MR) is 99.5 cm³/mol. The number of aromatic nitrogens is 2. The number of para-hydroxylation sites is 1. The van der Waals surface area contributed by atoms with Gasteiger partial charge in [-0.05, 0) is 37.8 Å². The number of fused-ring (bicyclic) bond motifs is 1. The Bertz CT molecular complexity index is 876. The molecule has 2 amide bonds. The SMILES string of the molecule is Cn1nc(C(=O)NC2CC(=O)N(c3ccccc3Cl)C2)c2c1CCCC2. The molecule has 2 aromatic rings. The Labute approximate surface area is 157 Å². The van der Waals surface area contributed by atoms with Crippen LogP contribution < -0.4 is 10.2 Å². The van der Waals surface area contributed by atoms with E-state index in [2.05, 4.69) is 10.4 Å². The summed E-state index contributed by atoms with van der Waals surface area (Å²) in [7, 11) is 1.89. The van der Waals surface area contributed by atoms with Gasteiger partial charge in [-0.2, -0.15) is 5.10 Å². The summed E-state index contributed by atoms with van der Waals surface area (Å²) in [5.41, 5.74) is 3.40. The molecule has 0 bridgehead atoms. The van der Waals surface area contributed by atoms with E-state index in [1.807, 2.05) is 29.9 Å². The first kappa shape index (κ1) is 17.1. The maximum atomic E-state index is 12.8. The Morgan fingerprint density at radius 3 is 2.85 bits per heavy atom. The average Bonchev–Trinajstić information content (AvgIpc) is 3.16. The van der Waals surface area contributed by atoms with Crippen molar-refractivity contribution in [3.05, 3.63) is 46.2 Å². The van der Waals surface area contributed by atoms with Crippen molar-refractivity contribution in [1.29, 1.82) is 0 Å². The van der Waals surface area contributed by atoms with Gasteiger partial charge in [0.05, 0.1) is 16.8 Å². The number of amides is 2. The smallest absolute Gasteiger partial charge is 0.272 e. The highest BCUT2D eigenvalue weighted by molar-refractivity contribution is 6.33. The van der Waals surface area contributed by atoms with Gasteiger partial charge in [-0.15, -0.1) is 0 Å². The molecule has 136 valence electrons. The number of anilines is 1. The van der Waals surface area contributed by atoms with Crippen molar-refractivity contribution in [1.82, 2.24) is 15.1 Å². The molecule has 0 spiro atoms. The molecule has 1 aliphatic heterocycles. The molecular formula is C19H21ClN4O2. The quantitative estimate of drug-likeness (QED) is 0.900. The molecule has 0 saturated carbocycles. The van der Waals surface area contributed by atoms with Crippen molar-refractivity contribution in [3.63, 3.8) is 0 Å². The summed E-state index contributed by atoms with van der Waals surface area (Å²) >= 11 is 6.21. The van der Waals surface area contributed by atoms with Gasteiger partial charge in [-0.1, -0.05) is 23.7 Å². The number of nitrogens with one attached hydrogen (secondary N) is 1. The van der Waals surface area contributed by atoms with Crippen LogP contribution in [0.15, 0.2) is 24.3 Å². The highest BCUT2D eigenvalue weighted by Gasteiger charge is 2.34. The third kappa shape index (κ3) is 2.98. The minimum atomic E-state index is -0.243. The van der Waals surface area contributed by atoms with Gasteiger partial charge in [0.25, 0.3) is 5.91 Å². The van der Waals surface area contributed by atoms with E-state index in [0.29, 0.717) is 22.9 Å². The second-order valence-corrected chi connectivity index (χ2v) is 7.34. The molecule has 0 radical (unpaired) electrons. The van der Waals surface area contributed by atoms with Crippen molar-refractivity contribution in [2.75, 3.05) is 11.4 Å². The topological polar surface area (TPSA) is 67.2 Å². The van der Waals surface area contributed by atoms with Gasteiger partial charge in [-0.3, -0.25) is 14.3 Å². The van der Waals surface area contributed by atoms with E-state index in [-0.39, 0.29) is 24.3 Å². The number of aryl methyl sites for hydroxylation is 1. The predicted octanol–water partition coefficient (Wildman–Crippen LogP) is 2.49. The fraction of sp³-hybridized carbons (Fsp3) is 0.421. The normalized spacial score (nSPS) is 19.5. The number of nitrogens with zero attached hydrogens (tertiary/aromatic N) is 3. The fourth-order valence-electron chi connectivity index (χ4n) is 3.92. The molecule has 1 aliphatic carbocycles. The Hall–Kier alpha value is -2.34. The van der Waals surface area contributed by atoms with Crippen LogP contribution in [0.5, 0.6) is 0 Å². The average molecular weight is 373 g/mol. The molecule has 4 rings (SSSR count). The van der Waals surface area contributed by atoms with Crippen LogP contribution in [0.25, 0.3) is 0 Å². The van der Waals surface area contributed by atoms with Gasteiger partial charge < -0.3 is 10.2 Å². The van der Waals surface area contributed by atoms with Crippen LogP contribution in [0.3, 0.4) is 0 Å². The summed E-state index contributed by atoms with van der Waals surface area (Å²) in [4.78, 5) is 26.8. The van der Waals surface area contributed by atoms with Gasteiger partial charge >= 0.3 is 0 Å². The van der Waals surface area contributed by atoms with Crippen molar-refractivity contribution in [2.45, 2.75) is 38.1 Å². The summed E-state index contributed by atoms with van der Waals surface area (Å²) in [5.74, 6) is -0.228. The van der Waals surface area contributed by atoms with E-state index < -0.39 is 0 Å². The Balaban J connectivity index is 1.50. The van der Waals surface area contributed by atoms with Crippen LogP contribution in [0.4, 0.5) is 5.69 Å². The van der Waals surface area contributed by atoms with E-state index in [1.54, 1.807) is 11.0 Å². The Morgan fingerprint density at radius 2 is 2.04 bits per heavy atom. The standard InChI is InChI=1S/C19H21ClN4O2/c1-23-15-8-4-2-6-13(15)18(22-23)19(26)21-12-10-17(25)24(11-12)16-9-5-3-7-14(16)20/h3,5,7,9,12H,2,4,6,8,10-11H2,1H3,(H,21,26). The number of carbonyl (C=O) groups excluding carboxylic acids is 2. The summed E-state index contributed by atoms with van der Waals surface area (Å²) < 4.78 is 1.82. The van der Waals surface area contributed by atoms with Gasteiger partial charge in [0.2, 0.25) is 5.91 Å². The highest BCUT2D eigenvalue weighted by Crippen LogP contribution is 2.29. The maximum Gasteiger partial charge on any atom is 0.272 e. The molecule has 1 aromatic heterocycles. The fourth-order valence-corrected chi connectivity index (χ4v) is 4.15. The lowest BCUT2D eigenvalue weighted by Crippen LogP contribution is -2.37. The molecule has 1 N–H and O–H groups in total. The second-order valence-electron chi connectivity index (χ2n) is 6.93. The van der Waals surface area contributed by atoms with E-state index in [0.717, 1.165) is 36.9 Å². The molecule has 1 saturated heterocycles. The first-order valence-corrected chi connectivity index (χ1v) is 9.33. The molecule has 1 unspecified atom stereocenters. The van der Waals surface area contributed by atoms with Crippen LogP contribution in [0.1, 0.15) is 41.0 Å². The number of hydrogen-bond donors (Lipinski definition) is 1. The van der Waals surface area contributed by atoms with Crippen LogP contribution in [0.2, 0.25) is 5.02 Å². The maximum absolute atomic E-state index is 12.8. The van der Waals surface area contributed by atoms with Crippen LogP contribution >= 0.6 is 11.6 Å². The van der Waals surface area contributed by atoms with Gasteiger partial charge in [0.1, 0.15) is 0 Å². The zero-order chi connectivity index (χ0) is 18.3. The van der Waals surface area contributed by atoms with E-state index in [1.165, 1.54) is 0 Å². The summed E-state index contributed by atoms with van der Waals surface area (Å²) in [5, 5.41) is 7.95. The second kappa shape index (κ2) is 6.76. The highest BCUT2D eigenvalue weighted by atomic mass is 35.5. The molecule has 1 fully saturated rings. The van der Waals surface area contributed by atoms with Crippen LogP contribution in [-0.4, -0.2) is 34.2 Å². The molecule has 1 atom stereocenters. The first-order valence-electron chi connectivity index (χ1n) is 8.95. The van der Waals surface area contributed by atoms with Crippen LogP contribution in [-0.2, 0) is 24.7 Å². The third-order valence-corrected chi connectivity index (χ3v) is 5.50. The van der Waals surface area contributed by atoms with Crippen molar-refractivity contribution >= 4 is 29.1 Å². The molecule has 7 heteroatoms. The Kier molecular flexibility index (Phi) is 4.44. The number of carbonyl (C=O) groups is 2. The van der Waals surface area contributed by atoms with Crippen LogP contribution in [0, 0.1) is 0 Å². The van der Waals surface area contributed by atoms with E-state index in [9.17, 15) is 9.59 Å². The minimum Gasteiger partial charge on any atom is -0.346 e. The van der Waals surface area contributed by atoms with Gasteiger partial charge in [-0.25, -0.2) is 0 Å². The first-order chi connectivity index (χ1) is 12.5. The largest absolute Gasteiger partial charge is 0.346 e. The molecule has 2 heterocycles. The third-order valence-electron chi connectivity index (χ3n) is 5.18. The summed E-state index contributed by atoms with van der Waals surface area (Å²) in [6.45, 7) is 0.420. The lowest BCUT2D eigenvalue weighted by molar-refractivity contribution is -0.117. The monoisotopic (exact) mass is 372 g/mol. The number of benzene rings is 1. The molecule has 6 nitrogen and oxygen atoms in total. The minimum absolute atomic E-state index is 0.0357. The number of hydrogen-bond acceptors (Lipinski definition) is 3. The molecular weight excluding hydrogens is 352 g/mol. The Morgan fingerprint density at radius 1 is 1.27 bits per heavy atom. The summed E-state index contributed by atoms with van der Waals surface area (Å²) in [6, 6.07) is 7.01. The van der Waals surface area contributed by atoms with Crippen molar-refractivity contribution in [2.24, 2.45) is 7.05 Å². The molecule has 26 heavy (non-hydrogen) atoms. The van der Waals surface area contributed by atoms with Crippen molar-refractivity contribution < 1.29 is 9.59 Å². The van der Waals surface area contributed by atoms with E-state index >= 15 is 0 Å². The molecule has 1 aromatic carbocycles. The zero-order valence-electron chi connectivity index (χ0n) is 14.7. The van der Waals surface area contributed by atoms with Crippen molar-refractivity contribution in [3.8, 4) is 0 Å². The molecule has 2 aliphatic rings. The zero-order valence-corrected chi connectivity index (χ0v) is 15.4.